The minimum Gasteiger partial charge on any atom is -0.459 e. The Morgan fingerprint density at radius 2 is 1.47 bits per heavy atom. The summed E-state index contributed by atoms with van der Waals surface area (Å²) in [7, 11) is 0. The van der Waals surface area contributed by atoms with Crippen LogP contribution in [-0.2, 0) is 38.2 Å². The number of aliphatic hydroxyl groups is 2. The summed E-state index contributed by atoms with van der Waals surface area (Å²) in [4.78, 5) is 63.4. The average Bonchev–Trinajstić information content (AvgIpc) is 2.74. The first-order valence-electron chi connectivity index (χ1n) is 12.1. The molecule has 0 aliphatic heterocycles. The Kier molecular flexibility index (Phi) is 7.29. The SMILES string of the molecule is CC(=O)O[C@@H]1C2=C(C)C(=O)C[C@@](O)([C@@H](OC(C)=O)[C@@H]3[C@@H](CO)C(=O)CC[C@@]3(C)[C@H]1OC(C)=O)C2(C)C. The first-order valence-corrected chi connectivity index (χ1v) is 12.1. The van der Waals surface area contributed by atoms with Crippen LogP contribution < -0.4 is 0 Å². The molecule has 36 heavy (non-hydrogen) atoms. The normalized spacial score (nSPS) is 37.9. The van der Waals surface area contributed by atoms with Crippen molar-refractivity contribution in [2.45, 2.75) is 91.6 Å². The van der Waals surface area contributed by atoms with Gasteiger partial charge < -0.3 is 24.4 Å². The highest BCUT2D eigenvalue weighted by Crippen LogP contribution is 2.61. The van der Waals surface area contributed by atoms with Crippen molar-refractivity contribution in [1.82, 2.24) is 0 Å². The van der Waals surface area contributed by atoms with Gasteiger partial charge in [0.1, 0.15) is 23.6 Å². The van der Waals surface area contributed by atoms with Crippen LogP contribution in [0.1, 0.15) is 67.7 Å². The number of esters is 3. The highest BCUT2D eigenvalue weighted by molar-refractivity contribution is 5.98. The third-order valence-electron chi connectivity index (χ3n) is 8.61. The minimum atomic E-state index is -2.03. The van der Waals surface area contributed by atoms with E-state index in [1.807, 2.05) is 0 Å². The van der Waals surface area contributed by atoms with Gasteiger partial charge in [-0.2, -0.15) is 0 Å². The van der Waals surface area contributed by atoms with Crippen LogP contribution in [0.25, 0.3) is 0 Å². The Bertz CT molecular complexity index is 1030. The molecule has 2 N–H and O–H groups in total. The second kappa shape index (κ2) is 9.37. The van der Waals surface area contributed by atoms with Gasteiger partial charge in [0.05, 0.1) is 6.61 Å². The fraction of sp³-hybridized carbons (Fsp3) is 0.731. The third kappa shape index (κ3) is 4.18. The molecule has 0 aromatic carbocycles. The lowest BCUT2D eigenvalue weighted by molar-refractivity contribution is -0.246. The van der Waals surface area contributed by atoms with Crippen LogP contribution in [-0.4, -0.2) is 70.2 Å². The highest BCUT2D eigenvalue weighted by atomic mass is 16.6. The summed E-state index contributed by atoms with van der Waals surface area (Å²) in [5.74, 6) is -5.06. The van der Waals surface area contributed by atoms with Crippen LogP contribution in [0.3, 0.4) is 0 Å². The molecule has 2 fully saturated rings. The van der Waals surface area contributed by atoms with Gasteiger partial charge in [0.25, 0.3) is 0 Å². The quantitative estimate of drug-likeness (QED) is 0.421. The average molecular weight is 509 g/mol. The monoisotopic (exact) mass is 508 g/mol. The van der Waals surface area contributed by atoms with Gasteiger partial charge in [0.2, 0.25) is 0 Å². The molecule has 0 saturated heterocycles. The smallest absolute Gasteiger partial charge is 0.303 e. The van der Waals surface area contributed by atoms with Gasteiger partial charge in [-0.25, -0.2) is 0 Å². The Labute approximate surface area is 210 Å². The van der Waals surface area contributed by atoms with Crippen molar-refractivity contribution in [1.29, 1.82) is 0 Å². The van der Waals surface area contributed by atoms with Gasteiger partial charge in [-0.05, 0) is 24.5 Å². The number of rotatable bonds is 4. The van der Waals surface area contributed by atoms with Crippen LogP contribution >= 0.6 is 0 Å². The largest absolute Gasteiger partial charge is 0.459 e. The van der Waals surface area contributed by atoms with E-state index in [0.717, 1.165) is 6.92 Å². The first-order chi connectivity index (χ1) is 16.5. The number of carbonyl (C=O) groups is 5. The number of aliphatic hydroxyl groups excluding tert-OH is 1. The third-order valence-corrected chi connectivity index (χ3v) is 8.61. The van der Waals surface area contributed by atoms with Crippen LogP contribution in [0.2, 0.25) is 0 Å². The summed E-state index contributed by atoms with van der Waals surface area (Å²) >= 11 is 0. The molecule has 2 saturated carbocycles. The number of ketones is 2. The van der Waals surface area contributed by atoms with Crippen LogP contribution in [0.15, 0.2) is 11.1 Å². The summed E-state index contributed by atoms with van der Waals surface area (Å²) in [6.45, 7) is 9.46. The van der Waals surface area contributed by atoms with E-state index in [1.54, 1.807) is 27.7 Å². The van der Waals surface area contributed by atoms with E-state index in [1.165, 1.54) is 13.8 Å². The van der Waals surface area contributed by atoms with Crippen molar-refractivity contribution in [2.75, 3.05) is 6.61 Å². The summed E-state index contributed by atoms with van der Waals surface area (Å²) in [5, 5.41) is 22.7. The molecule has 10 heteroatoms. The first kappa shape index (κ1) is 28.0. The van der Waals surface area contributed by atoms with Gasteiger partial charge in [-0.3, -0.25) is 24.0 Å². The summed E-state index contributed by atoms with van der Waals surface area (Å²) in [6.07, 6.45) is -4.15. The maximum atomic E-state index is 13.3. The number of ether oxygens (including phenoxy) is 3. The van der Waals surface area contributed by atoms with E-state index in [0.29, 0.717) is 0 Å². The zero-order chi connectivity index (χ0) is 27.4. The number of carbonyl (C=O) groups excluding carboxylic acids is 5. The molecule has 3 aliphatic rings. The molecule has 0 heterocycles. The van der Waals surface area contributed by atoms with Crippen LogP contribution in [0.5, 0.6) is 0 Å². The molecule has 3 aliphatic carbocycles. The van der Waals surface area contributed by atoms with E-state index < -0.39 is 83.3 Å². The van der Waals surface area contributed by atoms with Gasteiger partial charge in [0.15, 0.2) is 11.9 Å². The van der Waals surface area contributed by atoms with E-state index in [9.17, 15) is 34.2 Å². The van der Waals surface area contributed by atoms with E-state index in [2.05, 4.69) is 0 Å². The van der Waals surface area contributed by atoms with E-state index in [-0.39, 0.29) is 29.8 Å². The lowest BCUT2D eigenvalue weighted by Crippen LogP contribution is -2.72. The lowest BCUT2D eigenvalue weighted by Gasteiger charge is -2.62. The van der Waals surface area contributed by atoms with Gasteiger partial charge >= 0.3 is 17.9 Å². The molecule has 200 valence electrons. The fourth-order valence-corrected chi connectivity index (χ4v) is 6.80. The topological polar surface area (TPSA) is 154 Å². The van der Waals surface area contributed by atoms with Crippen LogP contribution in [0.4, 0.5) is 0 Å². The standard InChI is InChI=1S/C26H36O10/c1-12-18(32)10-26(33)22(35-14(3)29)20-16(11-27)17(31)8-9-25(20,7)23(36-15(4)30)21(34-13(2)28)19(12)24(26,5)6/h16,20-23,27,33H,8-11H2,1-7H3/t16-,20-,21+,22-,23-,25+,26+/m0/s1. The molecule has 0 aromatic rings. The Hall–Kier alpha value is -2.59. The van der Waals surface area contributed by atoms with Crippen molar-refractivity contribution < 1.29 is 48.4 Å². The number of Topliss-reactive ketones (excluding diaryl/α,β-unsaturated/α-hetero) is 2. The number of hydrogen-bond acceptors (Lipinski definition) is 10. The zero-order valence-electron chi connectivity index (χ0n) is 21.9. The van der Waals surface area contributed by atoms with Crippen molar-refractivity contribution in [2.24, 2.45) is 22.7 Å². The van der Waals surface area contributed by atoms with Crippen molar-refractivity contribution >= 4 is 29.5 Å². The number of hydrogen-bond donors (Lipinski definition) is 2. The predicted octanol–water partition coefficient (Wildman–Crippen LogP) is 1.44. The molecular weight excluding hydrogens is 472 g/mol. The Balaban J connectivity index is 2.49. The molecule has 10 nitrogen and oxygen atoms in total. The minimum absolute atomic E-state index is 0.0222. The molecular formula is C26H36O10. The van der Waals surface area contributed by atoms with Crippen molar-refractivity contribution in [3.8, 4) is 0 Å². The molecule has 2 bridgehead atoms. The van der Waals surface area contributed by atoms with Crippen molar-refractivity contribution in [3.63, 3.8) is 0 Å². The number of fused-ring (bicyclic) bond motifs is 3. The van der Waals surface area contributed by atoms with Gasteiger partial charge in [0, 0.05) is 56.3 Å². The predicted molar refractivity (Wildman–Crippen MR) is 124 cm³/mol. The van der Waals surface area contributed by atoms with E-state index in [4.69, 9.17) is 14.2 Å². The maximum absolute atomic E-state index is 13.3. The summed E-state index contributed by atoms with van der Waals surface area (Å²) in [5.41, 5.74) is -4.06. The van der Waals surface area contributed by atoms with Gasteiger partial charge in [-0.15, -0.1) is 0 Å². The van der Waals surface area contributed by atoms with Gasteiger partial charge in [-0.1, -0.05) is 20.8 Å². The molecule has 0 amide bonds. The molecule has 0 unspecified atom stereocenters. The Morgan fingerprint density at radius 1 is 0.944 bits per heavy atom. The molecule has 0 aromatic heterocycles. The fourth-order valence-electron chi connectivity index (χ4n) is 6.80. The maximum Gasteiger partial charge on any atom is 0.303 e. The molecule has 7 atom stereocenters. The lowest BCUT2D eigenvalue weighted by atomic mass is 9.47. The molecule has 3 rings (SSSR count). The summed E-state index contributed by atoms with van der Waals surface area (Å²) < 4.78 is 17.3. The second-order valence-electron chi connectivity index (χ2n) is 11.1. The molecule has 0 spiro atoms. The van der Waals surface area contributed by atoms with Crippen molar-refractivity contribution in [3.05, 3.63) is 11.1 Å². The Morgan fingerprint density at radius 3 is 1.97 bits per heavy atom. The van der Waals surface area contributed by atoms with E-state index >= 15 is 0 Å². The second-order valence-corrected chi connectivity index (χ2v) is 11.1. The zero-order valence-corrected chi connectivity index (χ0v) is 21.9. The number of allylic oxidation sites excluding steroid dienone is 1. The highest BCUT2D eigenvalue weighted by Gasteiger charge is 2.70. The van der Waals surface area contributed by atoms with Crippen LogP contribution in [0, 0.1) is 22.7 Å². The summed E-state index contributed by atoms with van der Waals surface area (Å²) in [6, 6.07) is 0. The molecule has 0 radical (unpaired) electrons.